The van der Waals surface area contributed by atoms with Crippen LogP contribution in [-0.2, 0) is 34.3 Å². The number of aliphatic carboxylic acids is 1. The van der Waals surface area contributed by atoms with E-state index in [0.717, 1.165) is 16.2 Å². The fourth-order valence-corrected chi connectivity index (χ4v) is 5.13. The van der Waals surface area contributed by atoms with Gasteiger partial charge in [0.1, 0.15) is 11.8 Å². The Morgan fingerprint density at radius 3 is 2.54 bits per heavy atom. The van der Waals surface area contributed by atoms with Crippen molar-refractivity contribution in [2.75, 3.05) is 25.4 Å². The third kappa shape index (κ3) is 6.70. The normalized spacial score (nSPS) is 21.8. The Morgan fingerprint density at radius 2 is 2.00 bits per heavy atom. The van der Waals surface area contributed by atoms with Gasteiger partial charge in [0.2, 0.25) is 11.5 Å². The Kier molecular flexibility index (Phi) is 8.31. The fraction of sp³-hybridized carbons (Fsp3) is 0.526. The van der Waals surface area contributed by atoms with Crippen molar-refractivity contribution in [2.24, 2.45) is 27.5 Å². The number of oxime groups is 1. The highest BCUT2D eigenvalue weighted by Crippen LogP contribution is 2.34. The molecule has 3 heterocycles. The quantitative estimate of drug-likeness (QED) is 0.0578. The highest BCUT2D eigenvalue weighted by atomic mass is 32.2. The third-order valence-electron chi connectivity index (χ3n) is 5.70. The van der Waals surface area contributed by atoms with E-state index in [1.165, 1.54) is 19.2 Å². The number of aromatic nitrogens is 1. The zero-order chi connectivity index (χ0) is 29.3. The lowest BCUT2D eigenvalue weighted by molar-refractivity contribution is -0.161. The van der Waals surface area contributed by atoms with Crippen LogP contribution in [-0.4, -0.2) is 105 Å². The number of carbonyl (C=O) groups excluding carboxylic acids is 3. The zero-order valence-corrected chi connectivity index (χ0v) is 22.2. The smallest absolute Gasteiger partial charge is 0.410 e. The number of ketones is 1. The number of amides is 2. The van der Waals surface area contributed by atoms with Crippen molar-refractivity contribution in [3.05, 3.63) is 11.1 Å². The Morgan fingerprint density at radius 1 is 1.33 bits per heavy atom. The molecule has 0 saturated carbocycles. The number of hydrogen-bond acceptors (Lipinski definition) is 13. The number of cyclic esters (lactones) is 1. The van der Waals surface area contributed by atoms with Gasteiger partial charge in [-0.3, -0.25) is 14.1 Å². The molecule has 0 unspecified atom stereocenters. The summed E-state index contributed by atoms with van der Waals surface area (Å²) in [5.74, 6) is -4.92. The van der Waals surface area contributed by atoms with E-state index in [1.807, 2.05) is 0 Å². The molecule has 2 aliphatic rings. The van der Waals surface area contributed by atoms with Crippen molar-refractivity contribution in [1.29, 1.82) is 0 Å². The summed E-state index contributed by atoms with van der Waals surface area (Å²) in [7, 11) is -5.04. The summed E-state index contributed by atoms with van der Waals surface area (Å²) in [6, 6.07) is -1.34. The van der Waals surface area contributed by atoms with E-state index >= 15 is 0 Å². The maximum Gasteiger partial charge on any atom is 0.410 e. The molecule has 2 fully saturated rings. The third-order valence-corrected chi connectivity index (χ3v) is 7.32. The number of anilines is 1. The minimum atomic E-state index is -5.04. The first kappa shape index (κ1) is 29.5. The summed E-state index contributed by atoms with van der Waals surface area (Å²) in [6.07, 6.45) is -2.27. The maximum atomic E-state index is 13.2. The Bertz CT molecular complexity index is 1340. The van der Waals surface area contributed by atoms with Gasteiger partial charge in [-0.15, -0.1) is 11.3 Å². The molecule has 2 saturated heterocycles. The van der Waals surface area contributed by atoms with Gasteiger partial charge in [-0.05, 0) is 13.8 Å². The predicted molar refractivity (Wildman–Crippen MR) is 134 cm³/mol. The SMILES string of the molecule is CC(C)(O/N=C(\C(=O)C[C@@H]1C(=O)N(S(=O)(=O)O)[C@@H]1CN1C[C@@H](CN=C(N)N)OC1=O)c1csc(N)n1)C(=O)O. The van der Waals surface area contributed by atoms with Gasteiger partial charge in [0, 0.05) is 18.3 Å². The molecule has 2 aliphatic heterocycles. The number of nitrogen functional groups attached to an aromatic ring is 1. The lowest BCUT2D eigenvalue weighted by Crippen LogP contribution is -2.66. The van der Waals surface area contributed by atoms with E-state index in [1.54, 1.807) is 0 Å². The van der Waals surface area contributed by atoms with Gasteiger partial charge in [0.25, 0.3) is 0 Å². The average Bonchev–Trinajstić information content (AvgIpc) is 3.39. The van der Waals surface area contributed by atoms with Gasteiger partial charge in [0.05, 0.1) is 25.0 Å². The van der Waals surface area contributed by atoms with Crippen molar-refractivity contribution in [2.45, 2.75) is 38.0 Å². The van der Waals surface area contributed by atoms with Crippen LogP contribution >= 0.6 is 11.3 Å². The van der Waals surface area contributed by atoms with E-state index < -0.39 is 76.4 Å². The molecule has 3 rings (SSSR count). The molecule has 20 heteroatoms. The number of hydrogen-bond donors (Lipinski definition) is 5. The van der Waals surface area contributed by atoms with Crippen LogP contribution in [0.25, 0.3) is 0 Å². The highest BCUT2D eigenvalue weighted by Gasteiger charge is 2.55. The fourth-order valence-electron chi connectivity index (χ4n) is 3.67. The first-order valence-electron chi connectivity index (χ1n) is 11.1. The van der Waals surface area contributed by atoms with Gasteiger partial charge in [-0.1, -0.05) is 5.16 Å². The van der Waals surface area contributed by atoms with Crippen LogP contribution < -0.4 is 17.2 Å². The molecule has 0 bridgehead atoms. The molecular formula is C19H26N8O10S2. The summed E-state index contributed by atoms with van der Waals surface area (Å²) in [4.78, 5) is 63.4. The van der Waals surface area contributed by atoms with Crippen LogP contribution in [0.2, 0.25) is 0 Å². The number of rotatable bonds is 12. The van der Waals surface area contributed by atoms with Crippen LogP contribution in [0.15, 0.2) is 15.5 Å². The van der Waals surface area contributed by atoms with E-state index in [9.17, 15) is 37.3 Å². The van der Waals surface area contributed by atoms with Gasteiger partial charge in [-0.25, -0.2) is 23.9 Å². The summed E-state index contributed by atoms with van der Waals surface area (Å²) in [5.41, 5.74) is 13.8. The Balaban J connectivity index is 1.84. The van der Waals surface area contributed by atoms with E-state index in [2.05, 4.69) is 15.1 Å². The molecule has 0 aliphatic carbocycles. The molecule has 8 N–H and O–H groups in total. The lowest BCUT2D eigenvalue weighted by atomic mass is 9.84. The number of β-lactam (4-membered cyclic amide) rings is 1. The van der Waals surface area contributed by atoms with Gasteiger partial charge in [0.15, 0.2) is 22.6 Å². The second kappa shape index (κ2) is 11.0. The first-order valence-corrected chi connectivity index (χ1v) is 13.3. The maximum absolute atomic E-state index is 13.2. The number of guanidine groups is 1. The number of carboxylic acids is 1. The van der Waals surface area contributed by atoms with Gasteiger partial charge < -0.3 is 36.8 Å². The van der Waals surface area contributed by atoms with Gasteiger partial charge in [-0.2, -0.15) is 8.42 Å². The summed E-state index contributed by atoms with van der Waals surface area (Å²) in [6.45, 7) is 1.81. The van der Waals surface area contributed by atoms with Crippen molar-refractivity contribution in [1.82, 2.24) is 14.2 Å². The van der Waals surface area contributed by atoms with E-state index in [-0.39, 0.29) is 34.2 Å². The monoisotopic (exact) mass is 590 g/mol. The number of ether oxygens (including phenoxy) is 1. The molecule has 0 spiro atoms. The van der Waals surface area contributed by atoms with Crippen LogP contribution in [0.1, 0.15) is 26.0 Å². The number of carbonyl (C=O) groups is 4. The van der Waals surface area contributed by atoms with E-state index in [0.29, 0.717) is 0 Å². The highest BCUT2D eigenvalue weighted by molar-refractivity contribution is 7.84. The molecule has 0 radical (unpaired) electrons. The predicted octanol–water partition coefficient (Wildman–Crippen LogP) is -2.01. The van der Waals surface area contributed by atoms with Crippen LogP contribution in [0, 0.1) is 5.92 Å². The standard InChI is InChI=1S/C19H26N8O10S2/c1-19(2,15(30)31)37-25-13(10-7-38-17(22)24-10)12(28)3-9-11(27(14(9)29)39(33,34)35)6-26-5-8(36-18(26)32)4-23-16(20)21/h7-9,11H,3-6H2,1-2H3,(H2,22,24)(H,30,31)(H4,20,21,23)(H,33,34,35)/b25-13-/t8-,9+,11-/m1/s1. The van der Waals surface area contributed by atoms with Crippen molar-refractivity contribution < 1.29 is 46.8 Å². The molecule has 2 amide bonds. The zero-order valence-electron chi connectivity index (χ0n) is 20.6. The Hall–Kier alpha value is -4.04. The van der Waals surface area contributed by atoms with Crippen molar-refractivity contribution in [3.8, 4) is 0 Å². The molecule has 18 nitrogen and oxygen atoms in total. The molecule has 1 aromatic rings. The number of nitrogens with two attached hydrogens (primary N) is 3. The number of nitrogens with zero attached hydrogens (tertiary/aromatic N) is 5. The number of carboxylic acid groups (broad SMARTS) is 1. The molecule has 0 aromatic carbocycles. The molecular weight excluding hydrogens is 564 g/mol. The second-order valence-corrected chi connectivity index (χ2v) is 11.2. The number of aliphatic imine (C=N–C) groups is 1. The van der Waals surface area contributed by atoms with Crippen molar-refractivity contribution >= 4 is 62.2 Å². The number of thiazole rings is 1. The lowest BCUT2D eigenvalue weighted by Gasteiger charge is -2.45. The van der Waals surface area contributed by atoms with Gasteiger partial charge >= 0.3 is 22.4 Å². The summed E-state index contributed by atoms with van der Waals surface area (Å²) >= 11 is 0.952. The number of Topliss-reactive ketones (excluding diaryl/α,β-unsaturated/α-hetero) is 1. The van der Waals surface area contributed by atoms with Crippen LogP contribution in [0.3, 0.4) is 0 Å². The first-order chi connectivity index (χ1) is 18.0. The van der Waals surface area contributed by atoms with Crippen LogP contribution in [0.5, 0.6) is 0 Å². The summed E-state index contributed by atoms with van der Waals surface area (Å²) in [5, 5.41) is 14.3. The minimum absolute atomic E-state index is 0.0565. The summed E-state index contributed by atoms with van der Waals surface area (Å²) < 4.78 is 38.6. The molecule has 3 atom stereocenters. The molecule has 214 valence electrons. The van der Waals surface area contributed by atoms with E-state index in [4.69, 9.17) is 26.8 Å². The Labute approximate surface area is 225 Å². The topological polar surface area (TPSA) is 283 Å². The molecule has 39 heavy (non-hydrogen) atoms. The largest absolute Gasteiger partial charge is 0.478 e. The minimum Gasteiger partial charge on any atom is -0.478 e. The van der Waals surface area contributed by atoms with Crippen molar-refractivity contribution in [3.63, 3.8) is 0 Å². The van der Waals surface area contributed by atoms with Crippen LogP contribution in [0.4, 0.5) is 9.93 Å². The molecule has 1 aromatic heterocycles. The average molecular weight is 591 g/mol. The second-order valence-electron chi connectivity index (χ2n) is 9.01.